The molecule has 0 saturated heterocycles. The van der Waals surface area contributed by atoms with Gasteiger partial charge in [-0.15, -0.1) is 0 Å². The third-order valence-corrected chi connectivity index (χ3v) is 5.79. The van der Waals surface area contributed by atoms with Crippen LogP contribution in [0.4, 0.5) is 0 Å². The van der Waals surface area contributed by atoms with Gasteiger partial charge in [-0.2, -0.15) is 4.31 Å². The molecule has 0 heterocycles. The summed E-state index contributed by atoms with van der Waals surface area (Å²) in [7, 11) is -3.54. The monoisotopic (exact) mass is 311 g/mol. The number of aliphatic hydroxyl groups is 1. The van der Waals surface area contributed by atoms with Crippen LogP contribution in [0.1, 0.15) is 44.7 Å². The molecule has 0 spiro atoms. The van der Waals surface area contributed by atoms with Crippen LogP contribution in [0.15, 0.2) is 23.1 Å². The fourth-order valence-electron chi connectivity index (χ4n) is 2.82. The molecule has 0 unspecified atom stereocenters. The summed E-state index contributed by atoms with van der Waals surface area (Å²) >= 11 is 0. The lowest BCUT2D eigenvalue weighted by atomic mass is 9.92. The molecule has 2 rings (SSSR count). The van der Waals surface area contributed by atoms with E-state index >= 15 is 0 Å². The van der Waals surface area contributed by atoms with E-state index in [4.69, 9.17) is 0 Å². The number of hydrogen-bond acceptors (Lipinski definition) is 3. The lowest BCUT2D eigenvalue weighted by molar-refractivity contribution is 0.0601. The number of fused-ring (bicyclic) bond motifs is 1. The molecule has 21 heavy (non-hydrogen) atoms. The third-order valence-electron chi connectivity index (χ3n) is 3.87. The van der Waals surface area contributed by atoms with Crippen LogP contribution in [0, 0.1) is 0 Å². The Kier molecular flexibility index (Phi) is 4.76. The number of likely N-dealkylation sites (N-methyl/N-ethyl adjacent to an activating group) is 1. The average Bonchev–Trinajstić information content (AvgIpc) is 2.43. The van der Waals surface area contributed by atoms with Crippen molar-refractivity contribution in [2.75, 3.05) is 13.1 Å². The van der Waals surface area contributed by atoms with E-state index in [0.717, 1.165) is 24.8 Å². The lowest BCUT2D eigenvalue weighted by Gasteiger charge is -2.28. The van der Waals surface area contributed by atoms with Crippen molar-refractivity contribution in [3.8, 4) is 0 Å². The molecule has 4 nitrogen and oxygen atoms in total. The van der Waals surface area contributed by atoms with Crippen LogP contribution in [0.3, 0.4) is 0 Å². The molecule has 118 valence electrons. The van der Waals surface area contributed by atoms with Gasteiger partial charge >= 0.3 is 0 Å². The highest BCUT2D eigenvalue weighted by molar-refractivity contribution is 7.89. The van der Waals surface area contributed by atoms with Gasteiger partial charge in [-0.05, 0) is 62.8 Å². The molecule has 0 amide bonds. The molecule has 0 bridgehead atoms. The van der Waals surface area contributed by atoms with Crippen LogP contribution in [0.25, 0.3) is 0 Å². The summed E-state index contributed by atoms with van der Waals surface area (Å²) in [6.45, 7) is 5.49. The molecular weight excluding hydrogens is 286 g/mol. The zero-order chi connectivity index (χ0) is 15.7. The quantitative estimate of drug-likeness (QED) is 0.908. The number of aryl methyl sites for hydroxylation is 2. The molecule has 1 aromatic rings. The number of nitrogens with zero attached hydrogens (tertiary/aromatic N) is 1. The van der Waals surface area contributed by atoms with Crippen LogP contribution in [0.2, 0.25) is 0 Å². The maximum Gasteiger partial charge on any atom is 0.243 e. The Bertz CT molecular complexity index is 602. The summed E-state index contributed by atoms with van der Waals surface area (Å²) in [6, 6.07) is 5.46. The predicted molar refractivity (Wildman–Crippen MR) is 83.8 cm³/mol. The van der Waals surface area contributed by atoms with Crippen LogP contribution >= 0.6 is 0 Å². The Morgan fingerprint density at radius 1 is 1.19 bits per heavy atom. The Morgan fingerprint density at radius 2 is 1.81 bits per heavy atom. The van der Waals surface area contributed by atoms with Gasteiger partial charge in [0.25, 0.3) is 0 Å². The Labute approximate surface area is 127 Å². The van der Waals surface area contributed by atoms with Gasteiger partial charge in [0, 0.05) is 13.1 Å². The summed E-state index contributed by atoms with van der Waals surface area (Å²) in [5.74, 6) is 0. The fraction of sp³-hybridized carbons (Fsp3) is 0.625. The Balaban J connectivity index is 2.34. The Morgan fingerprint density at radius 3 is 2.38 bits per heavy atom. The first-order valence-corrected chi connectivity index (χ1v) is 9.02. The molecule has 0 aliphatic heterocycles. The van der Waals surface area contributed by atoms with E-state index in [1.54, 1.807) is 26.8 Å². The molecule has 0 saturated carbocycles. The highest BCUT2D eigenvalue weighted by atomic mass is 32.2. The van der Waals surface area contributed by atoms with Crippen molar-refractivity contribution in [2.24, 2.45) is 0 Å². The van der Waals surface area contributed by atoms with Crippen molar-refractivity contribution in [3.63, 3.8) is 0 Å². The fourth-order valence-corrected chi connectivity index (χ4v) is 4.47. The molecule has 1 aliphatic carbocycles. The van der Waals surface area contributed by atoms with Crippen LogP contribution < -0.4 is 0 Å². The number of rotatable bonds is 5. The average molecular weight is 311 g/mol. The number of benzene rings is 1. The van der Waals surface area contributed by atoms with Gasteiger partial charge in [0.2, 0.25) is 10.0 Å². The van der Waals surface area contributed by atoms with E-state index < -0.39 is 15.6 Å². The van der Waals surface area contributed by atoms with Crippen molar-refractivity contribution in [1.29, 1.82) is 0 Å². The summed E-state index contributed by atoms with van der Waals surface area (Å²) in [6.07, 6.45) is 4.30. The maximum absolute atomic E-state index is 12.7. The molecule has 0 atom stereocenters. The van der Waals surface area contributed by atoms with E-state index in [1.807, 2.05) is 12.1 Å². The zero-order valence-electron chi connectivity index (χ0n) is 13.1. The molecule has 1 N–H and O–H groups in total. The van der Waals surface area contributed by atoms with Crippen molar-refractivity contribution in [3.05, 3.63) is 29.3 Å². The zero-order valence-corrected chi connectivity index (χ0v) is 13.9. The van der Waals surface area contributed by atoms with E-state index in [1.165, 1.54) is 16.3 Å². The highest BCUT2D eigenvalue weighted by Gasteiger charge is 2.29. The first-order chi connectivity index (χ1) is 9.74. The molecule has 5 heteroatoms. The molecule has 0 radical (unpaired) electrons. The molecule has 1 aromatic carbocycles. The smallest absolute Gasteiger partial charge is 0.243 e. The van der Waals surface area contributed by atoms with Gasteiger partial charge in [-0.1, -0.05) is 13.0 Å². The van der Waals surface area contributed by atoms with E-state index in [2.05, 4.69) is 0 Å². The Hall–Kier alpha value is -0.910. The van der Waals surface area contributed by atoms with Crippen LogP contribution in [-0.2, 0) is 22.9 Å². The van der Waals surface area contributed by atoms with E-state index in [0.29, 0.717) is 11.4 Å². The van der Waals surface area contributed by atoms with Gasteiger partial charge < -0.3 is 5.11 Å². The van der Waals surface area contributed by atoms with Crippen LogP contribution in [-0.4, -0.2) is 36.5 Å². The minimum atomic E-state index is -3.54. The summed E-state index contributed by atoms with van der Waals surface area (Å²) in [4.78, 5) is 0.342. The van der Waals surface area contributed by atoms with Crippen LogP contribution in [0.5, 0.6) is 0 Å². The van der Waals surface area contributed by atoms with E-state index in [-0.39, 0.29) is 6.54 Å². The minimum Gasteiger partial charge on any atom is -0.389 e. The minimum absolute atomic E-state index is 0.100. The van der Waals surface area contributed by atoms with Gasteiger partial charge in [-0.3, -0.25) is 0 Å². The predicted octanol–water partition coefficient (Wildman–Crippen LogP) is 2.35. The van der Waals surface area contributed by atoms with Gasteiger partial charge in [0.15, 0.2) is 0 Å². The summed E-state index contributed by atoms with van der Waals surface area (Å²) in [5.41, 5.74) is 1.38. The maximum atomic E-state index is 12.7. The lowest BCUT2D eigenvalue weighted by Crippen LogP contribution is -2.42. The second-order valence-corrected chi connectivity index (χ2v) is 8.32. The normalized spacial score (nSPS) is 16.0. The van der Waals surface area contributed by atoms with Crippen molar-refractivity contribution in [1.82, 2.24) is 4.31 Å². The second kappa shape index (κ2) is 6.07. The summed E-state index contributed by atoms with van der Waals surface area (Å²) < 4.78 is 26.8. The number of hydrogen-bond donors (Lipinski definition) is 1. The molecule has 0 aromatic heterocycles. The number of sulfonamides is 1. The highest BCUT2D eigenvalue weighted by Crippen LogP contribution is 2.26. The van der Waals surface area contributed by atoms with Crippen molar-refractivity contribution in [2.45, 2.75) is 57.0 Å². The van der Waals surface area contributed by atoms with Crippen molar-refractivity contribution >= 4 is 10.0 Å². The topological polar surface area (TPSA) is 57.6 Å². The molecule has 0 fully saturated rings. The van der Waals surface area contributed by atoms with Gasteiger partial charge in [0.05, 0.1) is 10.5 Å². The summed E-state index contributed by atoms with van der Waals surface area (Å²) in [5, 5.41) is 9.92. The molecular formula is C16H25NO3S. The van der Waals surface area contributed by atoms with Gasteiger partial charge in [-0.25, -0.2) is 8.42 Å². The first kappa shape index (κ1) is 16.5. The SMILES string of the molecule is CCN(CC(C)(C)O)S(=O)(=O)c1ccc2c(c1)CCCC2. The first-order valence-electron chi connectivity index (χ1n) is 7.58. The largest absolute Gasteiger partial charge is 0.389 e. The van der Waals surface area contributed by atoms with Crippen molar-refractivity contribution < 1.29 is 13.5 Å². The van der Waals surface area contributed by atoms with Gasteiger partial charge in [0.1, 0.15) is 0 Å². The second-order valence-electron chi connectivity index (χ2n) is 6.38. The standard InChI is InChI=1S/C16H25NO3S/c1-4-17(12-16(2,3)18)21(19,20)15-10-9-13-7-5-6-8-14(13)11-15/h9-11,18H,4-8,12H2,1-3H3. The third kappa shape index (κ3) is 3.84. The molecule has 1 aliphatic rings. The van der Waals surface area contributed by atoms with E-state index in [9.17, 15) is 13.5 Å².